The normalized spacial score (nSPS) is 10.8. The molecule has 3 aromatic rings. The second-order valence-electron chi connectivity index (χ2n) is 4.13. The highest BCUT2D eigenvalue weighted by Gasteiger charge is 2.15. The molecule has 0 saturated carbocycles. The van der Waals surface area contributed by atoms with E-state index in [1.165, 1.54) is 6.26 Å². The van der Waals surface area contributed by atoms with Crippen molar-refractivity contribution in [1.29, 1.82) is 0 Å². The molecule has 0 unspecified atom stereocenters. The Labute approximate surface area is 111 Å². The third-order valence-corrected chi connectivity index (χ3v) is 3.00. The molecule has 3 rings (SSSR count). The first-order valence-corrected chi connectivity index (χ1v) is 5.72. The van der Waals surface area contributed by atoms with Crippen LogP contribution in [0.1, 0.15) is 0 Å². The Hall–Kier alpha value is -2.96. The monoisotopic (exact) mass is 274 g/mol. The van der Waals surface area contributed by atoms with Crippen molar-refractivity contribution in [2.24, 2.45) is 0 Å². The quantitative estimate of drug-likeness (QED) is 0.684. The SMILES string of the molecule is COc1ccc(-c2coc3c(=O)n(O)c(=O)[nH]c23)cc1. The van der Waals surface area contributed by atoms with Crippen LogP contribution in [0.3, 0.4) is 0 Å². The van der Waals surface area contributed by atoms with Crippen LogP contribution < -0.4 is 16.0 Å². The van der Waals surface area contributed by atoms with E-state index in [0.29, 0.717) is 11.3 Å². The summed E-state index contributed by atoms with van der Waals surface area (Å²) < 4.78 is 10.2. The molecule has 102 valence electrons. The maximum Gasteiger partial charge on any atom is 0.362 e. The molecule has 7 heteroatoms. The Bertz CT molecular complexity index is 886. The number of hydrogen-bond acceptors (Lipinski definition) is 5. The molecule has 2 heterocycles. The van der Waals surface area contributed by atoms with E-state index in [0.717, 1.165) is 5.56 Å². The molecule has 0 atom stereocenters. The lowest BCUT2D eigenvalue weighted by Crippen LogP contribution is -2.32. The van der Waals surface area contributed by atoms with Gasteiger partial charge in [0.05, 0.1) is 7.11 Å². The molecule has 0 aliphatic carbocycles. The molecule has 20 heavy (non-hydrogen) atoms. The van der Waals surface area contributed by atoms with E-state index in [4.69, 9.17) is 9.15 Å². The molecule has 0 amide bonds. The summed E-state index contributed by atoms with van der Waals surface area (Å²) in [5.41, 5.74) is -0.386. The lowest BCUT2D eigenvalue weighted by molar-refractivity contribution is 0.161. The number of rotatable bonds is 2. The van der Waals surface area contributed by atoms with E-state index >= 15 is 0 Å². The van der Waals surface area contributed by atoms with E-state index in [-0.39, 0.29) is 15.8 Å². The van der Waals surface area contributed by atoms with E-state index in [1.807, 2.05) is 0 Å². The second-order valence-corrected chi connectivity index (χ2v) is 4.13. The molecule has 0 saturated heterocycles. The Morgan fingerprint density at radius 2 is 1.95 bits per heavy atom. The summed E-state index contributed by atoms with van der Waals surface area (Å²) in [4.78, 5) is 25.5. The van der Waals surface area contributed by atoms with Crippen LogP contribution in [0.4, 0.5) is 0 Å². The van der Waals surface area contributed by atoms with Crippen molar-refractivity contribution in [2.45, 2.75) is 0 Å². The molecular weight excluding hydrogens is 264 g/mol. The molecule has 0 bridgehead atoms. The van der Waals surface area contributed by atoms with Gasteiger partial charge in [0.1, 0.15) is 17.5 Å². The van der Waals surface area contributed by atoms with Gasteiger partial charge in [0, 0.05) is 5.56 Å². The maximum absolute atomic E-state index is 11.7. The second kappa shape index (κ2) is 4.30. The molecule has 1 aromatic carbocycles. The number of benzene rings is 1. The van der Waals surface area contributed by atoms with Gasteiger partial charge in [-0.25, -0.2) is 4.79 Å². The zero-order chi connectivity index (χ0) is 14.3. The van der Waals surface area contributed by atoms with Crippen LogP contribution in [0.15, 0.2) is 44.5 Å². The fraction of sp³-hybridized carbons (Fsp3) is 0.0769. The molecule has 0 aliphatic rings. The average molecular weight is 274 g/mol. The van der Waals surface area contributed by atoms with Gasteiger partial charge >= 0.3 is 11.2 Å². The number of ether oxygens (including phenoxy) is 1. The van der Waals surface area contributed by atoms with Crippen LogP contribution in [0.25, 0.3) is 22.2 Å². The Kier molecular flexibility index (Phi) is 2.60. The predicted octanol–water partition coefficient (Wildman–Crippen LogP) is 1.20. The first kappa shape index (κ1) is 12.1. The first-order valence-electron chi connectivity index (χ1n) is 5.72. The largest absolute Gasteiger partial charge is 0.497 e. The van der Waals surface area contributed by atoms with Gasteiger partial charge in [0.2, 0.25) is 5.58 Å². The number of aromatic nitrogens is 2. The lowest BCUT2D eigenvalue weighted by Gasteiger charge is -2.01. The number of methoxy groups -OCH3 is 1. The summed E-state index contributed by atoms with van der Waals surface area (Å²) in [7, 11) is 1.56. The summed E-state index contributed by atoms with van der Waals surface area (Å²) in [5, 5.41) is 9.24. The summed E-state index contributed by atoms with van der Waals surface area (Å²) in [5.74, 6) is 0.688. The molecule has 0 spiro atoms. The van der Waals surface area contributed by atoms with Crippen LogP contribution in [-0.4, -0.2) is 22.0 Å². The van der Waals surface area contributed by atoms with E-state index in [9.17, 15) is 14.8 Å². The highest BCUT2D eigenvalue weighted by Crippen LogP contribution is 2.28. The zero-order valence-corrected chi connectivity index (χ0v) is 10.4. The average Bonchev–Trinajstić information content (AvgIpc) is 2.89. The van der Waals surface area contributed by atoms with E-state index in [2.05, 4.69) is 4.98 Å². The van der Waals surface area contributed by atoms with Crippen molar-refractivity contribution >= 4 is 11.1 Å². The minimum absolute atomic E-state index is 0.0242. The van der Waals surface area contributed by atoms with Crippen LogP contribution in [0.2, 0.25) is 0 Å². The Morgan fingerprint density at radius 3 is 2.60 bits per heavy atom. The number of aromatic amines is 1. The summed E-state index contributed by atoms with van der Waals surface area (Å²) in [6, 6.07) is 7.04. The number of H-pyrrole nitrogens is 1. The van der Waals surface area contributed by atoms with Crippen LogP contribution >= 0.6 is 0 Å². The number of fused-ring (bicyclic) bond motifs is 1. The van der Waals surface area contributed by atoms with E-state index in [1.54, 1.807) is 31.4 Å². The summed E-state index contributed by atoms with van der Waals surface area (Å²) in [6.45, 7) is 0. The van der Waals surface area contributed by atoms with Crippen LogP contribution in [0, 0.1) is 0 Å². The van der Waals surface area contributed by atoms with Gasteiger partial charge in [-0.15, -0.1) is 0 Å². The minimum atomic E-state index is -0.918. The van der Waals surface area contributed by atoms with Gasteiger partial charge in [0.15, 0.2) is 0 Å². The van der Waals surface area contributed by atoms with Gasteiger partial charge in [-0.1, -0.05) is 16.9 Å². The standard InChI is InChI=1S/C13H10N2O5/c1-19-8-4-2-7(3-5-8)9-6-20-11-10(9)14-13(17)15(18)12(11)16/h2-6,18H,1H3,(H,14,17). The van der Waals surface area contributed by atoms with Crippen molar-refractivity contribution in [1.82, 2.24) is 9.71 Å². The number of nitrogens with one attached hydrogen (secondary N) is 1. The molecule has 7 nitrogen and oxygen atoms in total. The Morgan fingerprint density at radius 1 is 1.25 bits per heavy atom. The van der Waals surface area contributed by atoms with Crippen molar-refractivity contribution in [2.75, 3.05) is 7.11 Å². The van der Waals surface area contributed by atoms with Crippen LogP contribution in [-0.2, 0) is 0 Å². The highest BCUT2D eigenvalue weighted by molar-refractivity contribution is 5.90. The maximum atomic E-state index is 11.7. The number of hydrogen-bond donors (Lipinski definition) is 2. The predicted molar refractivity (Wildman–Crippen MR) is 70.3 cm³/mol. The molecule has 0 radical (unpaired) electrons. The van der Waals surface area contributed by atoms with Crippen molar-refractivity contribution in [3.8, 4) is 16.9 Å². The fourth-order valence-electron chi connectivity index (χ4n) is 1.97. The molecule has 0 fully saturated rings. The van der Waals surface area contributed by atoms with Gasteiger partial charge in [-0.05, 0) is 17.7 Å². The summed E-state index contributed by atoms with van der Waals surface area (Å²) in [6.07, 6.45) is 1.35. The number of nitrogens with zero attached hydrogens (tertiary/aromatic N) is 1. The van der Waals surface area contributed by atoms with Crippen molar-refractivity contribution < 1.29 is 14.4 Å². The number of furan rings is 1. The van der Waals surface area contributed by atoms with Crippen molar-refractivity contribution in [3.05, 3.63) is 51.4 Å². The van der Waals surface area contributed by atoms with Crippen LogP contribution in [0.5, 0.6) is 5.75 Å². The summed E-state index contributed by atoms with van der Waals surface area (Å²) >= 11 is 0. The topological polar surface area (TPSA) is 97.5 Å². The van der Waals surface area contributed by atoms with Gasteiger partial charge in [0.25, 0.3) is 0 Å². The fourth-order valence-corrected chi connectivity index (χ4v) is 1.97. The van der Waals surface area contributed by atoms with Crippen molar-refractivity contribution in [3.63, 3.8) is 0 Å². The highest BCUT2D eigenvalue weighted by atomic mass is 16.5. The lowest BCUT2D eigenvalue weighted by atomic mass is 10.1. The smallest absolute Gasteiger partial charge is 0.362 e. The van der Waals surface area contributed by atoms with Gasteiger partial charge in [-0.2, -0.15) is 0 Å². The molecule has 2 aromatic heterocycles. The van der Waals surface area contributed by atoms with E-state index < -0.39 is 11.2 Å². The molecule has 0 aliphatic heterocycles. The van der Waals surface area contributed by atoms with Gasteiger partial charge < -0.3 is 19.3 Å². The zero-order valence-electron chi connectivity index (χ0n) is 10.4. The third-order valence-electron chi connectivity index (χ3n) is 3.00. The Balaban J connectivity index is 2.27. The molecule has 2 N–H and O–H groups in total. The molecular formula is C13H10N2O5. The van der Waals surface area contributed by atoms with Gasteiger partial charge in [-0.3, -0.25) is 4.79 Å². The third kappa shape index (κ3) is 1.68. The minimum Gasteiger partial charge on any atom is -0.497 e. The first-order chi connectivity index (χ1) is 9.61.